The fourth-order valence-corrected chi connectivity index (χ4v) is 4.06. The molecule has 1 amide bonds. The van der Waals surface area contributed by atoms with Gasteiger partial charge in [0.15, 0.2) is 6.61 Å². The van der Waals surface area contributed by atoms with E-state index >= 15 is 0 Å². The summed E-state index contributed by atoms with van der Waals surface area (Å²) in [6.45, 7) is 9.36. The Bertz CT molecular complexity index is 875. The van der Waals surface area contributed by atoms with Gasteiger partial charge in [-0.15, -0.1) is 11.3 Å². The molecule has 1 unspecified atom stereocenters. The van der Waals surface area contributed by atoms with Crippen LogP contribution in [0.15, 0.2) is 18.2 Å². The van der Waals surface area contributed by atoms with E-state index in [1.165, 1.54) is 4.90 Å². The van der Waals surface area contributed by atoms with E-state index in [9.17, 15) is 9.59 Å². The first-order chi connectivity index (χ1) is 12.8. The maximum absolute atomic E-state index is 12.6. The minimum Gasteiger partial charge on any atom is -0.482 e. The van der Waals surface area contributed by atoms with Gasteiger partial charge in [-0.2, -0.15) is 0 Å². The lowest BCUT2D eigenvalue weighted by atomic mass is 10.1. The number of aryl methyl sites for hydroxylation is 2. The first kappa shape index (κ1) is 19.4. The maximum Gasteiger partial charge on any atom is 0.329 e. The molecule has 0 saturated heterocycles. The summed E-state index contributed by atoms with van der Waals surface area (Å²) >= 11 is 1.63. The van der Waals surface area contributed by atoms with Gasteiger partial charge in [0.25, 0.3) is 5.91 Å². The number of thiazole rings is 1. The molecule has 0 saturated carbocycles. The predicted molar refractivity (Wildman–Crippen MR) is 105 cm³/mol. The van der Waals surface area contributed by atoms with Gasteiger partial charge in [0.1, 0.15) is 11.8 Å². The van der Waals surface area contributed by atoms with E-state index in [0.717, 1.165) is 21.1 Å². The molecule has 6 nitrogen and oxygen atoms in total. The Morgan fingerprint density at radius 3 is 2.70 bits per heavy atom. The number of carbonyl (C=O) groups is 2. The first-order valence-electron chi connectivity index (χ1n) is 9.05. The number of benzene rings is 1. The molecule has 0 spiro atoms. The summed E-state index contributed by atoms with van der Waals surface area (Å²) in [6.07, 6.45) is 0.213. The van der Waals surface area contributed by atoms with Gasteiger partial charge in [0.05, 0.1) is 22.5 Å². The van der Waals surface area contributed by atoms with Gasteiger partial charge in [-0.25, -0.2) is 9.78 Å². The van der Waals surface area contributed by atoms with Crippen LogP contribution in [0.25, 0.3) is 11.3 Å². The summed E-state index contributed by atoms with van der Waals surface area (Å²) in [6, 6.07) is 4.95. The molecule has 7 heteroatoms. The van der Waals surface area contributed by atoms with Crippen LogP contribution in [-0.4, -0.2) is 35.6 Å². The van der Waals surface area contributed by atoms with Crippen molar-refractivity contribution >= 4 is 28.9 Å². The number of carbonyl (C=O) groups excluding carboxylic acids is 2. The highest BCUT2D eigenvalue weighted by atomic mass is 32.1. The van der Waals surface area contributed by atoms with Crippen LogP contribution in [0.1, 0.15) is 37.1 Å². The summed E-state index contributed by atoms with van der Waals surface area (Å²) in [7, 11) is 0. The molecule has 0 fully saturated rings. The number of anilines is 1. The van der Waals surface area contributed by atoms with Crippen molar-refractivity contribution in [2.45, 2.75) is 53.2 Å². The van der Waals surface area contributed by atoms with Crippen molar-refractivity contribution in [1.29, 1.82) is 0 Å². The lowest BCUT2D eigenvalue weighted by Crippen LogP contribution is -2.50. The van der Waals surface area contributed by atoms with Gasteiger partial charge in [-0.05, 0) is 52.3 Å². The summed E-state index contributed by atoms with van der Waals surface area (Å²) in [5, 5.41) is 0.983. The number of esters is 1. The Morgan fingerprint density at radius 2 is 2.11 bits per heavy atom. The number of hydrogen-bond donors (Lipinski definition) is 0. The maximum atomic E-state index is 12.6. The largest absolute Gasteiger partial charge is 0.482 e. The van der Waals surface area contributed by atoms with Gasteiger partial charge in [-0.1, -0.05) is 6.92 Å². The smallest absolute Gasteiger partial charge is 0.329 e. The Morgan fingerprint density at radius 1 is 1.37 bits per heavy atom. The van der Waals surface area contributed by atoms with Gasteiger partial charge >= 0.3 is 5.97 Å². The van der Waals surface area contributed by atoms with Gasteiger partial charge in [0, 0.05) is 10.4 Å². The van der Waals surface area contributed by atoms with E-state index in [1.807, 2.05) is 39.0 Å². The van der Waals surface area contributed by atoms with Crippen molar-refractivity contribution in [2.24, 2.45) is 0 Å². The molecule has 0 N–H and O–H groups in total. The molecule has 1 atom stereocenters. The lowest BCUT2D eigenvalue weighted by molar-refractivity contribution is -0.150. The van der Waals surface area contributed by atoms with Crippen molar-refractivity contribution in [2.75, 3.05) is 11.5 Å². The molecule has 1 aromatic heterocycles. The topological polar surface area (TPSA) is 68.7 Å². The molecule has 2 heterocycles. The van der Waals surface area contributed by atoms with Crippen molar-refractivity contribution in [3.63, 3.8) is 0 Å². The fourth-order valence-electron chi connectivity index (χ4n) is 3.22. The third-order valence-corrected chi connectivity index (χ3v) is 5.22. The summed E-state index contributed by atoms with van der Waals surface area (Å²) in [5.41, 5.74) is 2.36. The second-order valence-corrected chi connectivity index (χ2v) is 8.19. The molecule has 1 aliphatic heterocycles. The minimum absolute atomic E-state index is 0.0906. The molecule has 27 heavy (non-hydrogen) atoms. The molecular weight excluding hydrogens is 364 g/mol. The third kappa shape index (κ3) is 3.83. The Kier molecular flexibility index (Phi) is 5.51. The molecule has 2 aromatic rings. The number of hydrogen-bond acceptors (Lipinski definition) is 6. The van der Waals surface area contributed by atoms with Crippen molar-refractivity contribution in [3.05, 3.63) is 28.1 Å². The summed E-state index contributed by atoms with van der Waals surface area (Å²) in [4.78, 5) is 32.4. The Labute approximate surface area is 163 Å². The molecule has 3 rings (SSSR count). The first-order valence-corrected chi connectivity index (χ1v) is 9.87. The summed E-state index contributed by atoms with van der Waals surface area (Å²) < 4.78 is 11.0. The van der Waals surface area contributed by atoms with Gasteiger partial charge in [0.2, 0.25) is 0 Å². The molecule has 144 valence electrons. The Balaban J connectivity index is 2.05. The standard InChI is InChI=1S/C20H24N2O4S/c1-6-15(20(24)26-11(2)3)22-16-9-14(19-12(4)27-13(5)21-19)7-8-17(16)25-10-18(22)23/h7-9,11,15H,6,10H2,1-5H3. The van der Waals surface area contributed by atoms with Crippen LogP contribution in [0, 0.1) is 13.8 Å². The minimum atomic E-state index is -0.684. The molecule has 0 aliphatic carbocycles. The highest BCUT2D eigenvalue weighted by Gasteiger charge is 2.36. The highest BCUT2D eigenvalue weighted by Crippen LogP contribution is 2.39. The third-order valence-electron chi connectivity index (χ3n) is 4.34. The van der Waals surface area contributed by atoms with E-state index in [1.54, 1.807) is 25.2 Å². The predicted octanol–water partition coefficient (Wildman–Crippen LogP) is 3.88. The van der Waals surface area contributed by atoms with Crippen molar-refractivity contribution < 1.29 is 19.1 Å². The zero-order valence-electron chi connectivity index (χ0n) is 16.2. The summed E-state index contributed by atoms with van der Waals surface area (Å²) in [5.74, 6) is -0.0723. The average Bonchev–Trinajstić information content (AvgIpc) is 2.94. The number of ether oxygens (including phenoxy) is 2. The van der Waals surface area contributed by atoms with Crippen LogP contribution in [0.3, 0.4) is 0 Å². The normalized spacial score (nSPS) is 14.7. The van der Waals surface area contributed by atoms with Gasteiger partial charge in [-0.3, -0.25) is 9.69 Å². The molecule has 1 aromatic carbocycles. The number of aromatic nitrogens is 1. The molecule has 1 aliphatic rings. The number of nitrogens with zero attached hydrogens (tertiary/aromatic N) is 2. The monoisotopic (exact) mass is 388 g/mol. The van der Waals surface area contributed by atoms with Crippen molar-refractivity contribution in [1.82, 2.24) is 4.98 Å². The number of fused-ring (bicyclic) bond motifs is 1. The fraction of sp³-hybridized carbons (Fsp3) is 0.450. The van der Waals surface area contributed by atoms with E-state index in [0.29, 0.717) is 17.9 Å². The van der Waals surface area contributed by atoms with Crippen LogP contribution < -0.4 is 9.64 Å². The SMILES string of the molecule is CCC(C(=O)OC(C)C)N1C(=O)COc2ccc(-c3nc(C)sc3C)cc21. The zero-order valence-corrected chi connectivity index (χ0v) is 17.1. The van der Waals surface area contributed by atoms with Crippen molar-refractivity contribution in [3.8, 4) is 17.0 Å². The zero-order chi connectivity index (χ0) is 19.7. The average molecular weight is 388 g/mol. The molecular formula is C20H24N2O4S. The molecule has 0 bridgehead atoms. The van der Waals surface area contributed by atoms with E-state index in [4.69, 9.17) is 9.47 Å². The molecule has 0 radical (unpaired) electrons. The quantitative estimate of drug-likeness (QED) is 0.727. The van der Waals surface area contributed by atoms with Crippen LogP contribution in [-0.2, 0) is 14.3 Å². The van der Waals surface area contributed by atoms with Crippen LogP contribution in [0.4, 0.5) is 5.69 Å². The Hall–Kier alpha value is -2.41. The van der Waals surface area contributed by atoms with Crippen LogP contribution in [0.2, 0.25) is 0 Å². The van der Waals surface area contributed by atoms with Gasteiger partial charge < -0.3 is 9.47 Å². The van der Waals surface area contributed by atoms with Crippen LogP contribution >= 0.6 is 11.3 Å². The second-order valence-electron chi connectivity index (χ2n) is 6.78. The van der Waals surface area contributed by atoms with Crippen LogP contribution in [0.5, 0.6) is 5.75 Å². The number of amides is 1. The number of rotatable bonds is 5. The van der Waals surface area contributed by atoms with E-state index in [2.05, 4.69) is 4.98 Å². The van der Waals surface area contributed by atoms with E-state index in [-0.39, 0.29) is 18.6 Å². The highest BCUT2D eigenvalue weighted by molar-refractivity contribution is 7.11. The van der Waals surface area contributed by atoms with E-state index < -0.39 is 12.0 Å². The lowest BCUT2D eigenvalue weighted by Gasteiger charge is -2.34. The second kappa shape index (κ2) is 7.68.